The van der Waals surface area contributed by atoms with Crippen LogP contribution in [-0.2, 0) is 0 Å². The van der Waals surface area contributed by atoms with Crippen molar-refractivity contribution in [1.29, 1.82) is 0 Å². The van der Waals surface area contributed by atoms with Gasteiger partial charge in [0.05, 0.1) is 12.0 Å². The normalized spacial score (nSPS) is 17.5. The van der Waals surface area contributed by atoms with E-state index in [0.29, 0.717) is 13.1 Å². The van der Waals surface area contributed by atoms with E-state index in [-0.39, 0.29) is 41.4 Å². The van der Waals surface area contributed by atoms with E-state index in [1.54, 1.807) is 4.90 Å². The molecule has 20 heavy (non-hydrogen) atoms. The summed E-state index contributed by atoms with van der Waals surface area (Å²) in [7, 11) is 1.35. The van der Waals surface area contributed by atoms with Crippen LogP contribution in [-0.4, -0.2) is 42.0 Å². The standard InChI is InChI=1S/C12H15N3O4.ClH/c1-19-11-3-2-8(6-10(11)15(17)18)12(16)14-5-4-9(13)7-14;/h2-3,6,9H,4-5,7,13H2,1H3;1H. The van der Waals surface area contributed by atoms with Gasteiger partial charge >= 0.3 is 5.69 Å². The number of halogens is 1. The fourth-order valence-electron chi connectivity index (χ4n) is 2.12. The van der Waals surface area contributed by atoms with E-state index >= 15 is 0 Å². The number of likely N-dealkylation sites (tertiary alicyclic amines) is 1. The van der Waals surface area contributed by atoms with E-state index < -0.39 is 4.92 Å². The van der Waals surface area contributed by atoms with Gasteiger partial charge in [-0.1, -0.05) is 0 Å². The van der Waals surface area contributed by atoms with E-state index in [2.05, 4.69) is 0 Å². The molecular formula is C12H16ClN3O4. The highest BCUT2D eigenvalue weighted by atomic mass is 35.5. The van der Waals surface area contributed by atoms with Crippen molar-refractivity contribution < 1.29 is 14.5 Å². The summed E-state index contributed by atoms with van der Waals surface area (Å²) in [5.74, 6) is -0.0987. The van der Waals surface area contributed by atoms with Gasteiger partial charge in [0.1, 0.15) is 0 Å². The van der Waals surface area contributed by atoms with Crippen molar-refractivity contribution in [3.8, 4) is 5.75 Å². The molecule has 1 aromatic carbocycles. The molecule has 1 saturated heterocycles. The molecule has 0 spiro atoms. The van der Waals surface area contributed by atoms with Gasteiger partial charge in [0.2, 0.25) is 0 Å². The van der Waals surface area contributed by atoms with E-state index in [0.717, 1.165) is 6.42 Å². The highest BCUT2D eigenvalue weighted by Gasteiger charge is 2.26. The SMILES string of the molecule is COc1ccc(C(=O)N2CCC(N)C2)cc1[N+](=O)[O-].Cl. The Hall–Kier alpha value is -1.86. The Bertz CT molecular complexity index is 523. The van der Waals surface area contributed by atoms with Crippen LogP contribution in [0.3, 0.4) is 0 Å². The van der Waals surface area contributed by atoms with Gasteiger partial charge in [-0.2, -0.15) is 0 Å². The molecule has 1 aliphatic heterocycles. The number of nitrogens with zero attached hydrogens (tertiary/aromatic N) is 2. The monoisotopic (exact) mass is 301 g/mol. The van der Waals surface area contributed by atoms with Crippen LogP contribution in [0.25, 0.3) is 0 Å². The number of carbonyl (C=O) groups is 1. The van der Waals surface area contributed by atoms with Gasteiger partial charge in [-0.25, -0.2) is 0 Å². The minimum Gasteiger partial charge on any atom is -0.490 e. The van der Waals surface area contributed by atoms with E-state index in [1.165, 1.54) is 25.3 Å². The third kappa shape index (κ3) is 3.17. The molecule has 8 heteroatoms. The Morgan fingerprint density at radius 3 is 2.75 bits per heavy atom. The first-order chi connectivity index (χ1) is 9.02. The third-order valence-electron chi connectivity index (χ3n) is 3.13. The number of nitro benzene ring substituents is 1. The van der Waals surface area contributed by atoms with Crippen LogP contribution in [0, 0.1) is 10.1 Å². The quantitative estimate of drug-likeness (QED) is 0.668. The third-order valence-corrected chi connectivity index (χ3v) is 3.13. The molecule has 1 fully saturated rings. The molecule has 0 radical (unpaired) electrons. The number of amides is 1. The average molecular weight is 302 g/mol. The minimum absolute atomic E-state index is 0. The Morgan fingerprint density at radius 1 is 1.55 bits per heavy atom. The first kappa shape index (κ1) is 16.2. The van der Waals surface area contributed by atoms with Gasteiger partial charge in [-0.15, -0.1) is 12.4 Å². The summed E-state index contributed by atoms with van der Waals surface area (Å²) in [6.07, 6.45) is 0.754. The summed E-state index contributed by atoms with van der Waals surface area (Å²) in [5, 5.41) is 10.9. The number of nitrogens with two attached hydrogens (primary N) is 1. The molecule has 7 nitrogen and oxygen atoms in total. The maximum atomic E-state index is 12.2. The van der Waals surface area contributed by atoms with E-state index in [9.17, 15) is 14.9 Å². The zero-order valence-electron chi connectivity index (χ0n) is 10.9. The number of hydrogen-bond acceptors (Lipinski definition) is 5. The topological polar surface area (TPSA) is 98.7 Å². The number of ether oxygens (including phenoxy) is 1. The maximum Gasteiger partial charge on any atom is 0.311 e. The molecule has 0 aliphatic carbocycles. The highest BCUT2D eigenvalue weighted by molar-refractivity contribution is 5.95. The number of benzene rings is 1. The lowest BCUT2D eigenvalue weighted by Crippen LogP contribution is -2.31. The van der Waals surface area contributed by atoms with Crippen LogP contribution < -0.4 is 10.5 Å². The summed E-state index contributed by atoms with van der Waals surface area (Å²) in [6, 6.07) is 4.18. The van der Waals surface area contributed by atoms with Gasteiger partial charge in [0.25, 0.3) is 5.91 Å². The van der Waals surface area contributed by atoms with Crippen LogP contribution in [0.1, 0.15) is 16.8 Å². The number of hydrogen-bond donors (Lipinski definition) is 1. The second-order valence-corrected chi connectivity index (χ2v) is 4.44. The summed E-state index contributed by atoms with van der Waals surface area (Å²) in [4.78, 5) is 24.1. The zero-order valence-corrected chi connectivity index (χ0v) is 11.8. The van der Waals surface area contributed by atoms with Crippen molar-refractivity contribution in [2.75, 3.05) is 20.2 Å². The molecule has 1 aromatic rings. The van der Waals surface area contributed by atoms with Crippen LogP contribution in [0.5, 0.6) is 5.75 Å². The average Bonchev–Trinajstić information content (AvgIpc) is 2.83. The molecule has 2 N–H and O–H groups in total. The molecule has 0 aromatic heterocycles. The van der Waals surface area contributed by atoms with E-state index in [4.69, 9.17) is 10.5 Å². The van der Waals surface area contributed by atoms with Crippen molar-refractivity contribution >= 4 is 24.0 Å². The number of methoxy groups -OCH3 is 1. The summed E-state index contributed by atoms with van der Waals surface area (Å²) >= 11 is 0. The molecule has 1 atom stereocenters. The molecule has 1 unspecified atom stereocenters. The molecule has 2 rings (SSSR count). The fourth-order valence-corrected chi connectivity index (χ4v) is 2.12. The van der Waals surface area contributed by atoms with Crippen LogP contribution in [0.4, 0.5) is 5.69 Å². The lowest BCUT2D eigenvalue weighted by atomic mass is 10.1. The van der Waals surface area contributed by atoms with E-state index in [1.807, 2.05) is 0 Å². The van der Waals surface area contributed by atoms with Gasteiger partial charge in [0.15, 0.2) is 5.75 Å². The largest absolute Gasteiger partial charge is 0.490 e. The van der Waals surface area contributed by atoms with Crippen molar-refractivity contribution in [1.82, 2.24) is 4.90 Å². The molecular weight excluding hydrogens is 286 g/mol. The second kappa shape index (κ2) is 6.53. The summed E-state index contributed by atoms with van der Waals surface area (Å²) < 4.78 is 4.90. The molecule has 0 bridgehead atoms. The molecule has 0 saturated carbocycles. The van der Waals surface area contributed by atoms with Crippen LogP contribution in [0.15, 0.2) is 18.2 Å². The lowest BCUT2D eigenvalue weighted by molar-refractivity contribution is -0.385. The van der Waals surface area contributed by atoms with Gasteiger partial charge in [0, 0.05) is 30.8 Å². The number of carbonyl (C=O) groups excluding carboxylic acids is 1. The molecule has 1 heterocycles. The van der Waals surface area contributed by atoms with Crippen molar-refractivity contribution in [2.45, 2.75) is 12.5 Å². The number of nitro groups is 1. The smallest absolute Gasteiger partial charge is 0.311 e. The number of rotatable bonds is 3. The van der Waals surface area contributed by atoms with Gasteiger partial charge in [-0.05, 0) is 18.6 Å². The molecule has 1 aliphatic rings. The first-order valence-electron chi connectivity index (χ1n) is 5.90. The Balaban J connectivity index is 0.00000200. The predicted octanol–water partition coefficient (Wildman–Crippen LogP) is 1.20. The van der Waals surface area contributed by atoms with Crippen LogP contribution in [0.2, 0.25) is 0 Å². The Kier molecular flexibility index (Phi) is 5.29. The van der Waals surface area contributed by atoms with Crippen LogP contribution >= 0.6 is 12.4 Å². The first-order valence-corrected chi connectivity index (χ1v) is 5.90. The molecule has 1 amide bonds. The van der Waals surface area contributed by atoms with Gasteiger partial charge < -0.3 is 15.4 Å². The van der Waals surface area contributed by atoms with Crippen molar-refractivity contribution in [3.63, 3.8) is 0 Å². The Labute approximate surface area is 122 Å². The minimum atomic E-state index is -0.564. The van der Waals surface area contributed by atoms with Crippen molar-refractivity contribution in [3.05, 3.63) is 33.9 Å². The summed E-state index contributed by atoms with van der Waals surface area (Å²) in [6.45, 7) is 1.07. The fraction of sp³-hybridized carbons (Fsp3) is 0.417. The predicted molar refractivity (Wildman–Crippen MR) is 75.4 cm³/mol. The lowest BCUT2D eigenvalue weighted by Gasteiger charge is -2.15. The summed E-state index contributed by atoms with van der Waals surface area (Å²) in [5.41, 5.74) is 5.81. The Morgan fingerprint density at radius 2 is 2.25 bits per heavy atom. The second-order valence-electron chi connectivity index (χ2n) is 4.44. The van der Waals surface area contributed by atoms with Gasteiger partial charge in [-0.3, -0.25) is 14.9 Å². The maximum absolute atomic E-state index is 12.2. The zero-order chi connectivity index (χ0) is 14.0. The highest BCUT2D eigenvalue weighted by Crippen LogP contribution is 2.28. The van der Waals surface area contributed by atoms with Crippen molar-refractivity contribution in [2.24, 2.45) is 5.73 Å². The molecule has 110 valence electrons.